The molecule has 702 valence electrons. The van der Waals surface area contributed by atoms with E-state index in [1.165, 1.54) is 209 Å². The molecule has 10 nitrogen and oxygen atoms in total. The SMILES string of the molecule is O=S(=O)(c1ccc(-n2c3ccccc3c3ccccc32)cc1)c1ccc(-n2c3ccccc3c3ccccc32)cc1.c1cc(-c2cccc(-n3c4ccccc4c4ccccc43)c2)cc(-n2c3ccccc3c3ccccc32)c1.c1cc(-n2c3ccccc3c3ccccc32)cc(-n2c3ccccc3c3ccccc32)c1.c1ccc2c(c1)c1ccccc1n2-c1ccc(-c2ccc(-n3c4ccccc4c4ccccc43)cc2)cc1. The zero-order chi connectivity index (χ0) is 98.7. The lowest BCUT2D eigenvalue weighted by Crippen LogP contribution is -2.03. The monoisotopic (exact) mass is 1920 g/mol. The number of hydrogen-bond acceptors (Lipinski definition) is 2. The summed E-state index contributed by atoms with van der Waals surface area (Å²) in [5, 5.41) is 20.1. The Morgan fingerprint density at radius 3 is 0.409 bits per heavy atom. The third-order valence-electron chi connectivity index (χ3n) is 29.9. The highest BCUT2D eigenvalue weighted by molar-refractivity contribution is 7.91. The van der Waals surface area contributed by atoms with Crippen LogP contribution >= 0.6 is 0 Å². The van der Waals surface area contributed by atoms with Gasteiger partial charge in [0.1, 0.15) is 0 Å². The first-order chi connectivity index (χ1) is 73.7. The molecule has 0 aliphatic heterocycles. The summed E-state index contributed by atoms with van der Waals surface area (Å²) in [7, 11) is -3.70. The van der Waals surface area contributed by atoms with Crippen LogP contribution in [0.1, 0.15) is 0 Å². The Hall–Kier alpha value is -19.6. The van der Waals surface area contributed by atoms with Crippen molar-refractivity contribution < 1.29 is 8.42 Å². The van der Waals surface area contributed by atoms with Crippen LogP contribution < -0.4 is 0 Å². The molecule has 0 atom stereocenters. The molecule has 149 heavy (non-hydrogen) atoms. The van der Waals surface area contributed by atoms with E-state index in [9.17, 15) is 8.42 Å². The largest absolute Gasteiger partial charge is 0.309 e. The number of sulfone groups is 1. The van der Waals surface area contributed by atoms with Crippen molar-refractivity contribution in [2.45, 2.75) is 9.79 Å². The topological polar surface area (TPSA) is 73.6 Å². The van der Waals surface area contributed by atoms with Gasteiger partial charge in [-0.3, -0.25) is 0 Å². The molecule has 0 saturated heterocycles. The molecule has 0 N–H and O–H groups in total. The van der Waals surface area contributed by atoms with Crippen molar-refractivity contribution in [2.75, 3.05) is 0 Å². The average molecular weight is 1930 g/mol. The van der Waals surface area contributed by atoms with Crippen LogP contribution in [-0.4, -0.2) is 45.0 Å². The summed E-state index contributed by atoms with van der Waals surface area (Å²) >= 11 is 0. The fraction of sp³-hybridized carbons (Fsp3) is 0. The van der Waals surface area contributed by atoms with Gasteiger partial charge in [-0.2, -0.15) is 0 Å². The lowest BCUT2D eigenvalue weighted by molar-refractivity contribution is 0.596. The maximum Gasteiger partial charge on any atom is 0.206 e. The zero-order valence-electron chi connectivity index (χ0n) is 80.9. The number of fused-ring (bicyclic) bond motifs is 24. The van der Waals surface area contributed by atoms with E-state index in [2.05, 4.69) is 498 Å². The quantitative estimate of drug-likeness (QED) is 0.122. The molecule has 0 amide bonds. The Kier molecular flexibility index (Phi) is 21.1. The first kappa shape index (κ1) is 87.2. The molecule has 0 radical (unpaired) electrons. The van der Waals surface area contributed by atoms with Crippen LogP contribution in [0.15, 0.2) is 568 Å². The summed E-state index contributed by atoms with van der Waals surface area (Å²) in [6.45, 7) is 0. The van der Waals surface area contributed by atoms with Gasteiger partial charge in [0.05, 0.1) is 98.1 Å². The number of rotatable bonds is 12. The van der Waals surface area contributed by atoms with Crippen LogP contribution in [0.4, 0.5) is 0 Å². The zero-order valence-corrected chi connectivity index (χ0v) is 81.7. The van der Waals surface area contributed by atoms with E-state index < -0.39 is 9.84 Å². The second-order valence-corrected chi connectivity index (χ2v) is 40.1. The maximum absolute atomic E-state index is 13.7. The Morgan fingerprint density at radius 1 is 0.107 bits per heavy atom. The predicted molar refractivity (Wildman–Crippen MR) is 623 cm³/mol. The Morgan fingerprint density at radius 2 is 0.242 bits per heavy atom. The lowest BCUT2D eigenvalue weighted by atomic mass is 10.0. The first-order valence-electron chi connectivity index (χ1n) is 50.6. The average Bonchev–Trinajstić information content (AvgIpc) is 1.57. The van der Waals surface area contributed by atoms with Crippen molar-refractivity contribution in [3.63, 3.8) is 0 Å². The van der Waals surface area contributed by atoms with Crippen molar-refractivity contribution in [1.82, 2.24) is 36.5 Å². The number of para-hydroxylation sites is 16. The van der Waals surface area contributed by atoms with Crippen molar-refractivity contribution in [3.05, 3.63) is 558 Å². The highest BCUT2D eigenvalue weighted by Gasteiger charge is 2.25. The van der Waals surface area contributed by atoms with E-state index in [1.54, 1.807) is 24.3 Å². The molecular formula is C138H92N8O2S. The summed E-state index contributed by atoms with van der Waals surface area (Å²) < 4.78 is 45.9. The molecule has 0 aliphatic carbocycles. The van der Waals surface area contributed by atoms with Crippen LogP contribution in [0.2, 0.25) is 0 Å². The molecular weight excluding hydrogens is 1830 g/mol. The Bertz CT molecular complexity index is 9820. The highest BCUT2D eigenvalue weighted by Crippen LogP contribution is 2.44. The van der Waals surface area contributed by atoms with Gasteiger partial charge in [0, 0.05) is 132 Å². The summed E-state index contributed by atoms with van der Waals surface area (Å²) in [5.74, 6) is 0. The summed E-state index contributed by atoms with van der Waals surface area (Å²) in [6.07, 6.45) is 0. The summed E-state index contributed by atoms with van der Waals surface area (Å²) in [5.41, 5.74) is 32.8. The van der Waals surface area contributed by atoms with Crippen molar-refractivity contribution in [3.8, 4) is 67.8 Å². The van der Waals surface area contributed by atoms with Gasteiger partial charge in [0.15, 0.2) is 0 Å². The van der Waals surface area contributed by atoms with Gasteiger partial charge in [-0.15, -0.1) is 0 Å². The number of benzene rings is 23. The second-order valence-electron chi connectivity index (χ2n) is 38.2. The third kappa shape index (κ3) is 14.6. The van der Waals surface area contributed by atoms with Crippen LogP contribution in [0, 0.1) is 0 Å². The fourth-order valence-corrected chi connectivity index (χ4v) is 24.6. The molecule has 8 aromatic heterocycles. The van der Waals surface area contributed by atoms with Gasteiger partial charge in [0.25, 0.3) is 0 Å². The van der Waals surface area contributed by atoms with E-state index in [4.69, 9.17) is 0 Å². The fourth-order valence-electron chi connectivity index (χ4n) is 23.3. The van der Waals surface area contributed by atoms with E-state index in [1.807, 2.05) is 72.8 Å². The second kappa shape index (κ2) is 36.1. The molecule has 0 aliphatic rings. The Balaban J connectivity index is 0.0000000959. The molecule has 11 heteroatoms. The van der Waals surface area contributed by atoms with Crippen LogP contribution in [0.25, 0.3) is 242 Å². The normalized spacial score (nSPS) is 11.8. The minimum Gasteiger partial charge on any atom is -0.309 e. The standard InChI is InChI=1S/C36H24N2O2S.2C36H24N2.C30H20N2/c39-41(40,27-21-17-25(18-22-27)37-33-13-5-1-9-29(33)30-10-2-6-14-34(30)37)28-23-19-26(20-24-28)38-35-15-7-3-11-31(35)32-12-4-8-16-36(32)38;1-5-19-33-29(15-1)30-16-2-6-20-34(30)37(33)27-13-9-11-25(23-27)26-12-10-14-28(24-26)38-35-21-7-3-17-31(35)32-18-4-8-22-36(32)38;1-5-13-33-29(9-1)30-10-2-6-14-34(30)37(33)27-21-17-25(18-22-27)26-19-23-28(24-20-26)38-35-15-7-3-11-31(35)32-12-4-8-16-36(32)38;1-5-16-27-23(12-1)24-13-2-6-17-28(24)31(27)21-10-9-11-22(20-21)32-29-18-7-3-14-25(29)26-15-4-8-19-30(26)32/h1-24H;2*1-24H;1-20H. The highest BCUT2D eigenvalue weighted by atomic mass is 32.2. The van der Waals surface area contributed by atoms with Gasteiger partial charge in [-0.25, -0.2) is 8.42 Å². The molecule has 0 saturated carbocycles. The molecule has 8 heterocycles. The molecule has 0 unspecified atom stereocenters. The van der Waals surface area contributed by atoms with E-state index >= 15 is 0 Å². The predicted octanol–water partition coefficient (Wildman–Crippen LogP) is 35.7. The van der Waals surface area contributed by atoms with Crippen LogP contribution in [0.3, 0.4) is 0 Å². The van der Waals surface area contributed by atoms with E-state index in [0.717, 1.165) is 33.4 Å². The Labute approximate surface area is 858 Å². The first-order valence-corrected chi connectivity index (χ1v) is 52.1. The number of hydrogen-bond donors (Lipinski definition) is 0. The smallest absolute Gasteiger partial charge is 0.206 e. The maximum atomic E-state index is 13.7. The van der Waals surface area contributed by atoms with Gasteiger partial charge in [0.2, 0.25) is 9.84 Å². The van der Waals surface area contributed by atoms with Crippen LogP contribution in [-0.2, 0) is 9.84 Å². The van der Waals surface area contributed by atoms with E-state index in [0.29, 0.717) is 0 Å². The molecule has 31 aromatic rings. The van der Waals surface area contributed by atoms with Crippen molar-refractivity contribution >= 4 is 184 Å². The van der Waals surface area contributed by atoms with Gasteiger partial charge in [-0.05, 0) is 235 Å². The molecule has 0 fully saturated rings. The summed E-state index contributed by atoms with van der Waals surface area (Å²) in [6, 6.07) is 196. The number of nitrogens with zero attached hydrogens (tertiary/aromatic N) is 8. The molecule has 23 aromatic carbocycles. The van der Waals surface area contributed by atoms with Gasteiger partial charge in [-0.1, -0.05) is 346 Å². The number of aromatic nitrogens is 8. The van der Waals surface area contributed by atoms with Gasteiger partial charge >= 0.3 is 0 Å². The van der Waals surface area contributed by atoms with E-state index in [-0.39, 0.29) is 9.79 Å². The van der Waals surface area contributed by atoms with Crippen LogP contribution in [0.5, 0.6) is 0 Å². The van der Waals surface area contributed by atoms with Gasteiger partial charge < -0.3 is 36.5 Å². The molecule has 0 bridgehead atoms. The molecule has 31 rings (SSSR count). The minimum absolute atomic E-state index is 0.270. The third-order valence-corrected chi connectivity index (χ3v) is 31.7. The summed E-state index contributed by atoms with van der Waals surface area (Å²) in [4.78, 5) is 0.540. The van der Waals surface area contributed by atoms with Crippen molar-refractivity contribution in [2.24, 2.45) is 0 Å². The molecule has 0 spiro atoms. The van der Waals surface area contributed by atoms with Crippen molar-refractivity contribution in [1.29, 1.82) is 0 Å². The lowest BCUT2D eigenvalue weighted by Gasteiger charge is -2.12. The minimum atomic E-state index is -3.70.